The lowest BCUT2D eigenvalue weighted by Crippen LogP contribution is -2.35. The van der Waals surface area contributed by atoms with Crippen LogP contribution in [0.5, 0.6) is 0 Å². The first-order valence-electron chi connectivity index (χ1n) is 7.72. The molecule has 0 amide bonds. The highest BCUT2D eigenvalue weighted by Gasteiger charge is 2.33. The van der Waals surface area contributed by atoms with E-state index >= 15 is 0 Å². The molecule has 0 aromatic carbocycles. The molecule has 1 saturated heterocycles. The molecule has 1 aromatic heterocycles. The van der Waals surface area contributed by atoms with E-state index in [0.29, 0.717) is 6.04 Å². The van der Waals surface area contributed by atoms with Crippen LogP contribution in [0, 0.1) is 5.92 Å². The van der Waals surface area contributed by atoms with E-state index in [1.54, 1.807) is 0 Å². The lowest BCUT2D eigenvalue weighted by molar-refractivity contribution is 0.429. The molecular formula is C15H24N4. The van der Waals surface area contributed by atoms with Gasteiger partial charge in [-0.15, -0.1) is 0 Å². The van der Waals surface area contributed by atoms with E-state index in [-0.39, 0.29) is 0 Å². The Labute approximate surface area is 115 Å². The van der Waals surface area contributed by atoms with Gasteiger partial charge >= 0.3 is 0 Å². The minimum Gasteiger partial charge on any atom is -0.354 e. The quantitative estimate of drug-likeness (QED) is 0.903. The predicted octanol–water partition coefficient (Wildman–Crippen LogP) is 3.07. The van der Waals surface area contributed by atoms with Crippen LogP contribution in [0.3, 0.4) is 0 Å². The summed E-state index contributed by atoms with van der Waals surface area (Å²) in [5.74, 6) is 2.76. The van der Waals surface area contributed by atoms with Crippen LogP contribution in [0.2, 0.25) is 0 Å². The fourth-order valence-electron chi connectivity index (χ4n) is 3.66. The van der Waals surface area contributed by atoms with E-state index in [1.807, 2.05) is 6.20 Å². The van der Waals surface area contributed by atoms with Crippen LogP contribution in [-0.4, -0.2) is 29.1 Å². The molecule has 104 valence electrons. The molecule has 0 spiro atoms. The number of hydrogen-bond donors (Lipinski definition) is 1. The Morgan fingerprint density at radius 2 is 2.11 bits per heavy atom. The molecule has 1 aromatic rings. The predicted molar refractivity (Wildman–Crippen MR) is 78.5 cm³/mol. The Morgan fingerprint density at radius 3 is 2.89 bits per heavy atom. The van der Waals surface area contributed by atoms with Gasteiger partial charge in [0.25, 0.3) is 0 Å². The summed E-state index contributed by atoms with van der Waals surface area (Å²) in [6.45, 7) is 4.10. The third-order valence-electron chi connectivity index (χ3n) is 4.51. The van der Waals surface area contributed by atoms with Gasteiger partial charge in [0.2, 0.25) is 5.95 Å². The molecular weight excluding hydrogens is 236 g/mol. The summed E-state index contributed by atoms with van der Waals surface area (Å²) in [7, 11) is 0. The van der Waals surface area contributed by atoms with Gasteiger partial charge in [0.15, 0.2) is 0 Å². The van der Waals surface area contributed by atoms with E-state index in [9.17, 15) is 0 Å². The summed E-state index contributed by atoms with van der Waals surface area (Å²) >= 11 is 0. The summed E-state index contributed by atoms with van der Waals surface area (Å²) in [4.78, 5) is 11.5. The SMILES string of the molecule is CCNc1nccc(N2CCCC2C2CCCC2)n1. The van der Waals surface area contributed by atoms with Crippen molar-refractivity contribution < 1.29 is 0 Å². The van der Waals surface area contributed by atoms with Crippen molar-refractivity contribution >= 4 is 11.8 Å². The molecule has 4 heteroatoms. The molecule has 0 bridgehead atoms. The maximum absolute atomic E-state index is 4.67. The number of hydrogen-bond acceptors (Lipinski definition) is 4. The van der Waals surface area contributed by atoms with Crippen LogP contribution in [0.25, 0.3) is 0 Å². The number of nitrogens with one attached hydrogen (secondary N) is 1. The monoisotopic (exact) mass is 260 g/mol. The first kappa shape index (κ1) is 12.7. The zero-order chi connectivity index (χ0) is 13.1. The molecule has 4 nitrogen and oxygen atoms in total. The van der Waals surface area contributed by atoms with Crippen molar-refractivity contribution in [3.63, 3.8) is 0 Å². The highest BCUT2D eigenvalue weighted by Crippen LogP contribution is 2.37. The van der Waals surface area contributed by atoms with Gasteiger partial charge in [0.1, 0.15) is 5.82 Å². The molecule has 0 radical (unpaired) electrons. The Hall–Kier alpha value is -1.32. The van der Waals surface area contributed by atoms with Crippen molar-refractivity contribution in [1.82, 2.24) is 9.97 Å². The summed E-state index contributed by atoms with van der Waals surface area (Å²) in [5, 5.41) is 3.21. The first-order chi connectivity index (χ1) is 9.38. The second kappa shape index (κ2) is 5.76. The number of nitrogens with zero attached hydrogens (tertiary/aromatic N) is 3. The molecule has 1 N–H and O–H groups in total. The fourth-order valence-corrected chi connectivity index (χ4v) is 3.66. The van der Waals surface area contributed by atoms with Crippen molar-refractivity contribution in [2.45, 2.75) is 51.5 Å². The molecule has 1 aliphatic carbocycles. The summed E-state index contributed by atoms with van der Waals surface area (Å²) in [6, 6.07) is 2.78. The second-order valence-corrected chi connectivity index (χ2v) is 5.72. The number of aromatic nitrogens is 2. The molecule has 2 heterocycles. The van der Waals surface area contributed by atoms with E-state index in [2.05, 4.69) is 33.2 Å². The van der Waals surface area contributed by atoms with E-state index in [4.69, 9.17) is 0 Å². The Bertz CT molecular complexity index is 414. The largest absolute Gasteiger partial charge is 0.354 e. The number of rotatable bonds is 4. The highest BCUT2D eigenvalue weighted by atomic mass is 15.3. The minimum absolute atomic E-state index is 0.715. The Kier molecular flexibility index (Phi) is 3.85. The first-order valence-corrected chi connectivity index (χ1v) is 7.72. The van der Waals surface area contributed by atoms with Gasteiger partial charge in [-0.1, -0.05) is 12.8 Å². The third-order valence-corrected chi connectivity index (χ3v) is 4.51. The van der Waals surface area contributed by atoms with Gasteiger partial charge in [0.05, 0.1) is 0 Å². The van der Waals surface area contributed by atoms with E-state index in [0.717, 1.165) is 30.8 Å². The van der Waals surface area contributed by atoms with Gasteiger partial charge in [-0.3, -0.25) is 0 Å². The molecule has 2 fully saturated rings. The summed E-state index contributed by atoms with van der Waals surface area (Å²) in [6.07, 6.45) is 10.2. The van der Waals surface area contributed by atoms with Crippen molar-refractivity contribution in [3.8, 4) is 0 Å². The van der Waals surface area contributed by atoms with Crippen molar-refractivity contribution in [2.24, 2.45) is 5.92 Å². The van der Waals surface area contributed by atoms with Gasteiger partial charge in [-0.2, -0.15) is 4.98 Å². The van der Waals surface area contributed by atoms with Gasteiger partial charge < -0.3 is 10.2 Å². The number of anilines is 2. The maximum Gasteiger partial charge on any atom is 0.224 e. The van der Waals surface area contributed by atoms with Gasteiger partial charge in [0, 0.05) is 25.3 Å². The van der Waals surface area contributed by atoms with Crippen molar-refractivity contribution in [3.05, 3.63) is 12.3 Å². The van der Waals surface area contributed by atoms with Gasteiger partial charge in [-0.25, -0.2) is 4.98 Å². The lowest BCUT2D eigenvalue weighted by atomic mass is 9.96. The molecule has 19 heavy (non-hydrogen) atoms. The van der Waals surface area contributed by atoms with Crippen LogP contribution in [-0.2, 0) is 0 Å². The summed E-state index contributed by atoms with van der Waals surface area (Å²) < 4.78 is 0. The van der Waals surface area contributed by atoms with Crippen molar-refractivity contribution in [2.75, 3.05) is 23.3 Å². The Morgan fingerprint density at radius 1 is 1.26 bits per heavy atom. The average Bonchev–Trinajstić information content (AvgIpc) is 3.10. The zero-order valence-electron chi connectivity index (χ0n) is 11.8. The van der Waals surface area contributed by atoms with Crippen LogP contribution >= 0.6 is 0 Å². The second-order valence-electron chi connectivity index (χ2n) is 5.72. The van der Waals surface area contributed by atoms with Gasteiger partial charge in [-0.05, 0) is 44.6 Å². The zero-order valence-corrected chi connectivity index (χ0v) is 11.8. The normalized spacial score (nSPS) is 24.1. The smallest absolute Gasteiger partial charge is 0.224 e. The van der Waals surface area contributed by atoms with E-state index in [1.165, 1.54) is 38.5 Å². The topological polar surface area (TPSA) is 41.1 Å². The minimum atomic E-state index is 0.715. The highest BCUT2D eigenvalue weighted by molar-refractivity contribution is 5.44. The standard InChI is InChI=1S/C15H24N4/c1-2-16-15-17-10-9-14(18-15)19-11-5-8-13(19)12-6-3-4-7-12/h9-10,12-13H,2-8,11H2,1H3,(H,16,17,18). The molecule has 1 aliphatic heterocycles. The molecule has 1 unspecified atom stereocenters. The van der Waals surface area contributed by atoms with E-state index < -0.39 is 0 Å². The molecule has 2 aliphatic rings. The Balaban J connectivity index is 1.77. The molecule has 1 saturated carbocycles. The summed E-state index contributed by atoms with van der Waals surface area (Å²) in [5.41, 5.74) is 0. The van der Waals surface area contributed by atoms with Crippen LogP contribution in [0.1, 0.15) is 45.4 Å². The lowest BCUT2D eigenvalue weighted by Gasteiger charge is -2.30. The molecule has 1 atom stereocenters. The maximum atomic E-state index is 4.67. The van der Waals surface area contributed by atoms with Crippen LogP contribution in [0.4, 0.5) is 11.8 Å². The average molecular weight is 260 g/mol. The third kappa shape index (κ3) is 2.67. The molecule has 3 rings (SSSR count). The van der Waals surface area contributed by atoms with Crippen LogP contribution < -0.4 is 10.2 Å². The fraction of sp³-hybridized carbons (Fsp3) is 0.733. The van der Waals surface area contributed by atoms with Crippen molar-refractivity contribution in [1.29, 1.82) is 0 Å². The van der Waals surface area contributed by atoms with Crippen LogP contribution in [0.15, 0.2) is 12.3 Å².